The Bertz CT molecular complexity index is 917. The average Bonchev–Trinajstić information content (AvgIpc) is 3.58. The summed E-state index contributed by atoms with van der Waals surface area (Å²) in [6.07, 6.45) is 6.61. The Balaban J connectivity index is 1.11. The maximum Gasteiger partial charge on any atom is 0.341 e. The fraction of sp³-hybridized carbons (Fsp3) is 0.667. The zero-order valence-corrected chi connectivity index (χ0v) is 17.3. The molecule has 0 radical (unpaired) electrons. The van der Waals surface area contributed by atoms with Crippen LogP contribution in [0.15, 0.2) is 18.2 Å². The number of nitrogens with one attached hydrogen (secondary N) is 1. The molecule has 1 aromatic heterocycles. The van der Waals surface area contributed by atoms with E-state index in [2.05, 4.69) is 20.8 Å². The van der Waals surface area contributed by atoms with Gasteiger partial charge >= 0.3 is 6.01 Å². The number of hydrogen-bond donors (Lipinski definition) is 1. The van der Waals surface area contributed by atoms with Crippen molar-refractivity contribution in [3.63, 3.8) is 0 Å². The lowest BCUT2D eigenvalue weighted by Crippen LogP contribution is -2.43. The van der Waals surface area contributed by atoms with Gasteiger partial charge in [-0.25, -0.2) is 0 Å². The molecular weight excluding hydrogens is 402 g/mol. The second-order valence-electron chi connectivity index (χ2n) is 8.71. The van der Waals surface area contributed by atoms with Crippen molar-refractivity contribution in [3.8, 4) is 23.3 Å². The summed E-state index contributed by atoms with van der Waals surface area (Å²) in [7, 11) is 0. The summed E-state index contributed by atoms with van der Waals surface area (Å²) in [4.78, 5) is 0. The standard InChI is InChI=1S/C21H27N5O5/c1-2-4-13(5-3-1)9-22-15-10-27-20-16(11-28-19(15)20)26-21(23-24-25-26)31-14-6-7-17-18(8-14)30-12-29-17/h6-8,13,15-16,19-20,22H,1-5,9-12H2/t15-,16+,19-,20+/m0/s1. The summed E-state index contributed by atoms with van der Waals surface area (Å²) in [6.45, 7) is 2.37. The summed E-state index contributed by atoms with van der Waals surface area (Å²) in [6, 6.07) is 5.75. The third-order valence-electron chi connectivity index (χ3n) is 6.75. The van der Waals surface area contributed by atoms with Gasteiger partial charge in [0.1, 0.15) is 24.0 Å². The van der Waals surface area contributed by atoms with E-state index in [1.54, 1.807) is 16.8 Å². The summed E-state index contributed by atoms with van der Waals surface area (Å²) in [5.74, 6) is 2.69. The van der Waals surface area contributed by atoms with E-state index in [4.69, 9.17) is 23.7 Å². The predicted octanol–water partition coefficient (Wildman–Crippen LogP) is 2.07. The van der Waals surface area contributed by atoms with Gasteiger partial charge in [-0.3, -0.25) is 0 Å². The molecule has 6 rings (SSSR count). The van der Waals surface area contributed by atoms with Crippen LogP contribution in [0.4, 0.5) is 0 Å². The van der Waals surface area contributed by atoms with E-state index in [0.29, 0.717) is 36.5 Å². The van der Waals surface area contributed by atoms with Crippen LogP contribution in [0.5, 0.6) is 23.3 Å². The molecule has 0 bridgehead atoms. The monoisotopic (exact) mass is 429 g/mol. The smallest absolute Gasteiger partial charge is 0.341 e. The number of aromatic nitrogens is 4. The minimum Gasteiger partial charge on any atom is -0.454 e. The van der Waals surface area contributed by atoms with Crippen molar-refractivity contribution in [1.82, 2.24) is 25.5 Å². The number of nitrogens with zero attached hydrogens (tertiary/aromatic N) is 4. The van der Waals surface area contributed by atoms with Crippen molar-refractivity contribution in [2.45, 2.75) is 56.4 Å². The lowest BCUT2D eigenvalue weighted by molar-refractivity contribution is 0.0610. The average molecular weight is 429 g/mol. The molecule has 1 aliphatic carbocycles. The number of rotatable bonds is 6. The molecule has 4 aliphatic rings. The van der Waals surface area contributed by atoms with E-state index in [1.807, 2.05) is 6.07 Å². The summed E-state index contributed by atoms with van der Waals surface area (Å²) >= 11 is 0. The molecule has 3 aliphatic heterocycles. The van der Waals surface area contributed by atoms with E-state index >= 15 is 0 Å². The number of fused-ring (bicyclic) bond motifs is 2. The SMILES string of the molecule is c1cc2c(cc1Oc1nnnn1[C@@H]1CO[C@@H]3[C@@H]1OC[C@@H]3NCC1CCCCC1)OCO2. The fourth-order valence-corrected chi connectivity index (χ4v) is 5.08. The van der Waals surface area contributed by atoms with E-state index in [-0.39, 0.29) is 31.1 Å². The number of ether oxygens (including phenoxy) is 5. The topological polar surface area (TPSA) is 102 Å². The molecular formula is C21H27N5O5. The van der Waals surface area contributed by atoms with Gasteiger partial charge in [-0.05, 0) is 47.9 Å². The molecule has 0 unspecified atom stereocenters. The molecule has 1 N–H and O–H groups in total. The van der Waals surface area contributed by atoms with Crippen LogP contribution in [0.3, 0.4) is 0 Å². The van der Waals surface area contributed by atoms with Crippen LogP contribution in [0.25, 0.3) is 0 Å². The fourth-order valence-electron chi connectivity index (χ4n) is 5.08. The zero-order chi connectivity index (χ0) is 20.6. The van der Waals surface area contributed by atoms with Gasteiger partial charge in [-0.1, -0.05) is 24.4 Å². The van der Waals surface area contributed by atoms with Gasteiger partial charge in [-0.2, -0.15) is 4.68 Å². The van der Waals surface area contributed by atoms with Crippen LogP contribution < -0.4 is 19.5 Å². The molecule has 166 valence electrons. The highest BCUT2D eigenvalue weighted by Gasteiger charge is 2.49. The van der Waals surface area contributed by atoms with E-state index < -0.39 is 0 Å². The molecule has 2 aromatic rings. The van der Waals surface area contributed by atoms with Crippen molar-refractivity contribution in [3.05, 3.63) is 18.2 Å². The third-order valence-corrected chi connectivity index (χ3v) is 6.75. The minimum absolute atomic E-state index is 0.00353. The molecule has 2 saturated heterocycles. The lowest BCUT2D eigenvalue weighted by Gasteiger charge is -2.25. The Morgan fingerprint density at radius 2 is 1.90 bits per heavy atom. The van der Waals surface area contributed by atoms with Gasteiger partial charge in [0.05, 0.1) is 19.3 Å². The number of hydrogen-bond acceptors (Lipinski definition) is 9. The quantitative estimate of drug-likeness (QED) is 0.739. The van der Waals surface area contributed by atoms with Gasteiger partial charge in [0.25, 0.3) is 0 Å². The van der Waals surface area contributed by atoms with Crippen LogP contribution in [0.1, 0.15) is 38.1 Å². The largest absolute Gasteiger partial charge is 0.454 e. The van der Waals surface area contributed by atoms with Crippen molar-refractivity contribution in [2.24, 2.45) is 5.92 Å². The second kappa shape index (κ2) is 8.25. The van der Waals surface area contributed by atoms with Crippen LogP contribution in [-0.4, -0.2) is 65.0 Å². The minimum atomic E-state index is -0.134. The second-order valence-corrected chi connectivity index (χ2v) is 8.71. The Labute approximate surface area is 180 Å². The predicted molar refractivity (Wildman–Crippen MR) is 107 cm³/mol. The van der Waals surface area contributed by atoms with E-state index in [1.165, 1.54) is 32.1 Å². The number of benzene rings is 1. The Kier molecular flexibility index (Phi) is 5.13. The molecule has 4 atom stereocenters. The number of tetrazole rings is 1. The van der Waals surface area contributed by atoms with Crippen molar-refractivity contribution >= 4 is 0 Å². The lowest BCUT2D eigenvalue weighted by atomic mass is 9.89. The molecule has 0 spiro atoms. The van der Waals surface area contributed by atoms with Gasteiger partial charge in [0.15, 0.2) is 11.5 Å². The van der Waals surface area contributed by atoms with Gasteiger partial charge in [0, 0.05) is 6.07 Å². The third kappa shape index (κ3) is 3.72. The molecule has 10 heteroatoms. The van der Waals surface area contributed by atoms with Crippen molar-refractivity contribution in [1.29, 1.82) is 0 Å². The van der Waals surface area contributed by atoms with Gasteiger partial charge in [-0.15, -0.1) is 0 Å². The summed E-state index contributed by atoms with van der Waals surface area (Å²) in [5, 5.41) is 15.7. The highest BCUT2D eigenvalue weighted by Crippen LogP contribution is 2.38. The van der Waals surface area contributed by atoms with Gasteiger partial charge in [0.2, 0.25) is 6.79 Å². The van der Waals surface area contributed by atoms with Crippen molar-refractivity contribution in [2.75, 3.05) is 26.6 Å². The van der Waals surface area contributed by atoms with Gasteiger partial charge < -0.3 is 29.0 Å². The maximum atomic E-state index is 6.14. The van der Waals surface area contributed by atoms with E-state index in [9.17, 15) is 0 Å². The molecule has 10 nitrogen and oxygen atoms in total. The van der Waals surface area contributed by atoms with Crippen LogP contribution in [0, 0.1) is 5.92 Å². The molecule has 1 aromatic carbocycles. The first-order valence-electron chi connectivity index (χ1n) is 11.2. The first kappa shape index (κ1) is 19.3. The molecule has 1 saturated carbocycles. The van der Waals surface area contributed by atoms with Crippen LogP contribution >= 0.6 is 0 Å². The zero-order valence-electron chi connectivity index (χ0n) is 17.3. The molecule has 3 fully saturated rings. The molecule has 31 heavy (non-hydrogen) atoms. The summed E-state index contributed by atoms with van der Waals surface area (Å²) in [5.41, 5.74) is 0. The Morgan fingerprint density at radius 3 is 2.84 bits per heavy atom. The van der Waals surface area contributed by atoms with Crippen LogP contribution in [-0.2, 0) is 9.47 Å². The highest BCUT2D eigenvalue weighted by atomic mass is 16.7. The first-order chi connectivity index (χ1) is 15.3. The van der Waals surface area contributed by atoms with E-state index in [0.717, 1.165) is 12.5 Å². The van der Waals surface area contributed by atoms with Crippen molar-refractivity contribution < 1.29 is 23.7 Å². The Morgan fingerprint density at radius 1 is 1.03 bits per heavy atom. The highest BCUT2D eigenvalue weighted by molar-refractivity contribution is 5.47. The molecule has 0 amide bonds. The van der Waals surface area contributed by atoms with Crippen LogP contribution in [0.2, 0.25) is 0 Å². The Hall–Kier alpha value is -2.43. The molecule has 4 heterocycles. The maximum absolute atomic E-state index is 6.14. The normalized spacial score (nSPS) is 29.9. The summed E-state index contributed by atoms with van der Waals surface area (Å²) < 4.78 is 30.7. The first-order valence-corrected chi connectivity index (χ1v) is 11.2.